The monoisotopic (exact) mass is 545 g/mol. The standard InChI is InChI=1S/C26H28ClN3O6S/c1-36-21-14-16(24(32)29-13-5-6-20(29)23(28)31)7-10-22(21)37(34,35)30-19-9-8-17(27)15-18(19)26(25(30)33)11-3-2-4-12-26/h7-10,14-15,20H,2-6,11-13H2,1H3,(H2,28,31). The highest BCUT2D eigenvalue weighted by atomic mass is 35.5. The quantitative estimate of drug-likeness (QED) is 0.613. The van der Waals surface area contributed by atoms with Gasteiger partial charge in [-0.2, -0.15) is 0 Å². The Balaban J connectivity index is 1.56. The molecule has 2 heterocycles. The Morgan fingerprint density at radius 3 is 2.49 bits per heavy atom. The van der Waals surface area contributed by atoms with Crippen LogP contribution in [-0.2, 0) is 25.0 Å². The van der Waals surface area contributed by atoms with Crippen LogP contribution in [0.4, 0.5) is 5.69 Å². The smallest absolute Gasteiger partial charge is 0.274 e. The summed E-state index contributed by atoms with van der Waals surface area (Å²) in [6, 6.07) is 8.09. The molecule has 9 nitrogen and oxygen atoms in total. The van der Waals surface area contributed by atoms with Gasteiger partial charge in [0, 0.05) is 17.1 Å². The SMILES string of the molecule is COc1cc(C(=O)N2CCCC2C(N)=O)ccc1S(=O)(=O)N1C(=O)C2(CCCCC2)c2cc(Cl)ccc21. The second kappa shape index (κ2) is 9.33. The molecule has 1 aliphatic carbocycles. The third kappa shape index (κ3) is 3.97. The number of rotatable bonds is 5. The Bertz CT molecular complexity index is 1400. The van der Waals surface area contributed by atoms with E-state index in [0.29, 0.717) is 48.5 Å². The Kier molecular flexibility index (Phi) is 6.44. The Hall–Kier alpha value is -3.11. The molecule has 1 spiro atoms. The van der Waals surface area contributed by atoms with E-state index in [-0.39, 0.29) is 16.2 Å². The lowest BCUT2D eigenvalue weighted by Crippen LogP contribution is -2.44. The maximum atomic E-state index is 14.0. The largest absolute Gasteiger partial charge is 0.495 e. The molecule has 1 saturated carbocycles. The van der Waals surface area contributed by atoms with Crippen LogP contribution < -0.4 is 14.8 Å². The van der Waals surface area contributed by atoms with E-state index in [0.717, 1.165) is 23.6 Å². The van der Waals surface area contributed by atoms with Crippen molar-refractivity contribution in [2.75, 3.05) is 18.0 Å². The van der Waals surface area contributed by atoms with Gasteiger partial charge in [0.15, 0.2) is 0 Å². The van der Waals surface area contributed by atoms with Crippen LogP contribution in [0.25, 0.3) is 0 Å². The summed E-state index contributed by atoms with van der Waals surface area (Å²) < 4.78 is 34.3. The zero-order valence-electron chi connectivity index (χ0n) is 20.4. The van der Waals surface area contributed by atoms with Crippen molar-refractivity contribution in [2.45, 2.75) is 61.3 Å². The summed E-state index contributed by atoms with van der Waals surface area (Å²) in [5.41, 5.74) is 5.59. The van der Waals surface area contributed by atoms with Gasteiger partial charge in [-0.3, -0.25) is 14.4 Å². The Morgan fingerprint density at radius 1 is 1.08 bits per heavy atom. The minimum absolute atomic E-state index is 0.0754. The molecule has 5 rings (SSSR count). The van der Waals surface area contributed by atoms with E-state index in [1.54, 1.807) is 18.2 Å². The number of nitrogens with zero attached hydrogens (tertiary/aromatic N) is 2. The van der Waals surface area contributed by atoms with Crippen molar-refractivity contribution in [1.29, 1.82) is 0 Å². The number of primary amides is 1. The number of benzene rings is 2. The van der Waals surface area contributed by atoms with Gasteiger partial charge < -0.3 is 15.4 Å². The second-order valence-corrected chi connectivity index (χ2v) is 12.0. The molecule has 2 aliphatic heterocycles. The van der Waals surface area contributed by atoms with Crippen molar-refractivity contribution in [2.24, 2.45) is 5.73 Å². The summed E-state index contributed by atoms with van der Waals surface area (Å²) in [6.45, 7) is 0.374. The number of carbonyl (C=O) groups excluding carboxylic acids is 3. The number of amides is 3. The average Bonchev–Trinajstić information content (AvgIpc) is 3.47. The molecule has 3 aliphatic rings. The van der Waals surface area contributed by atoms with Crippen molar-refractivity contribution in [3.8, 4) is 5.75 Å². The Labute approximate surface area is 220 Å². The van der Waals surface area contributed by atoms with Gasteiger partial charge in [0.2, 0.25) is 5.91 Å². The molecule has 2 N–H and O–H groups in total. The van der Waals surface area contributed by atoms with Crippen LogP contribution in [0.5, 0.6) is 5.75 Å². The van der Waals surface area contributed by atoms with Crippen molar-refractivity contribution >= 4 is 45.0 Å². The molecule has 3 amide bonds. The van der Waals surface area contributed by atoms with Crippen LogP contribution >= 0.6 is 11.6 Å². The van der Waals surface area contributed by atoms with E-state index >= 15 is 0 Å². The number of hydrogen-bond acceptors (Lipinski definition) is 6. The van der Waals surface area contributed by atoms with E-state index in [4.69, 9.17) is 22.1 Å². The number of sulfonamides is 1. The summed E-state index contributed by atoms with van der Waals surface area (Å²) in [5.74, 6) is -1.59. The molecule has 0 bridgehead atoms. The highest BCUT2D eigenvalue weighted by Gasteiger charge is 2.55. The maximum absolute atomic E-state index is 14.0. The summed E-state index contributed by atoms with van der Waals surface area (Å²) in [4.78, 5) is 39.9. The molecule has 11 heteroatoms. The van der Waals surface area contributed by atoms with E-state index < -0.39 is 39.2 Å². The van der Waals surface area contributed by atoms with E-state index in [1.807, 2.05) is 0 Å². The molecule has 1 atom stereocenters. The molecule has 1 unspecified atom stereocenters. The van der Waals surface area contributed by atoms with Crippen LogP contribution in [0.15, 0.2) is 41.3 Å². The van der Waals surface area contributed by atoms with Crippen LogP contribution in [0.2, 0.25) is 5.02 Å². The molecule has 2 aromatic rings. The number of anilines is 1. The molecule has 1 saturated heterocycles. The van der Waals surface area contributed by atoms with E-state index in [2.05, 4.69) is 0 Å². The summed E-state index contributed by atoms with van der Waals surface area (Å²) in [6.07, 6.45) is 4.83. The fraction of sp³-hybridized carbons (Fsp3) is 0.423. The van der Waals surface area contributed by atoms with Crippen molar-refractivity contribution in [3.63, 3.8) is 0 Å². The number of likely N-dealkylation sites (tertiary alicyclic amines) is 1. The van der Waals surface area contributed by atoms with Gasteiger partial charge in [0.1, 0.15) is 16.7 Å². The van der Waals surface area contributed by atoms with Gasteiger partial charge in [0.05, 0.1) is 18.2 Å². The summed E-state index contributed by atoms with van der Waals surface area (Å²) >= 11 is 6.27. The van der Waals surface area contributed by atoms with Gasteiger partial charge in [-0.1, -0.05) is 30.9 Å². The first-order valence-corrected chi connectivity index (χ1v) is 14.1. The molecular weight excluding hydrogens is 518 g/mol. The Morgan fingerprint density at radius 2 is 1.81 bits per heavy atom. The third-order valence-electron chi connectivity index (χ3n) is 7.76. The summed E-state index contributed by atoms with van der Waals surface area (Å²) in [5, 5.41) is 0.437. The van der Waals surface area contributed by atoms with E-state index in [1.165, 1.54) is 30.2 Å². The predicted octanol–water partition coefficient (Wildman–Crippen LogP) is 3.38. The lowest BCUT2D eigenvalue weighted by atomic mass is 9.70. The maximum Gasteiger partial charge on any atom is 0.274 e. The molecule has 196 valence electrons. The molecule has 2 aromatic carbocycles. The fourth-order valence-electron chi connectivity index (χ4n) is 5.95. The lowest BCUT2D eigenvalue weighted by molar-refractivity contribution is -0.123. The molecule has 2 fully saturated rings. The molecule has 0 aromatic heterocycles. The molecular formula is C26H28ClN3O6S. The number of fused-ring (bicyclic) bond motifs is 2. The first kappa shape index (κ1) is 25.5. The zero-order valence-corrected chi connectivity index (χ0v) is 22.0. The highest BCUT2D eigenvalue weighted by molar-refractivity contribution is 7.93. The minimum atomic E-state index is -4.40. The van der Waals surface area contributed by atoms with Crippen LogP contribution in [0.3, 0.4) is 0 Å². The average molecular weight is 546 g/mol. The van der Waals surface area contributed by atoms with Crippen LogP contribution in [0.1, 0.15) is 60.9 Å². The number of carbonyl (C=O) groups is 3. The predicted molar refractivity (Wildman–Crippen MR) is 137 cm³/mol. The topological polar surface area (TPSA) is 127 Å². The van der Waals surface area contributed by atoms with Gasteiger partial charge in [-0.25, -0.2) is 12.7 Å². The number of nitrogens with two attached hydrogens (primary N) is 1. The van der Waals surface area contributed by atoms with E-state index in [9.17, 15) is 22.8 Å². The molecule has 0 radical (unpaired) electrons. The van der Waals surface area contributed by atoms with Crippen molar-refractivity contribution < 1.29 is 27.5 Å². The number of halogens is 1. The van der Waals surface area contributed by atoms with Gasteiger partial charge in [0.25, 0.3) is 21.8 Å². The van der Waals surface area contributed by atoms with Crippen molar-refractivity contribution in [1.82, 2.24) is 4.90 Å². The van der Waals surface area contributed by atoms with Crippen LogP contribution in [0, 0.1) is 0 Å². The first-order chi connectivity index (χ1) is 17.6. The lowest BCUT2D eigenvalue weighted by Gasteiger charge is -2.32. The van der Waals surface area contributed by atoms with Crippen molar-refractivity contribution in [3.05, 3.63) is 52.5 Å². The second-order valence-electron chi connectivity index (χ2n) is 9.80. The highest BCUT2D eigenvalue weighted by Crippen LogP contribution is 2.52. The van der Waals surface area contributed by atoms with Crippen LogP contribution in [-0.4, -0.2) is 50.7 Å². The zero-order chi connectivity index (χ0) is 26.5. The number of methoxy groups -OCH3 is 1. The summed E-state index contributed by atoms with van der Waals surface area (Å²) in [7, 11) is -3.10. The minimum Gasteiger partial charge on any atom is -0.495 e. The fourth-order valence-corrected chi connectivity index (χ4v) is 7.76. The first-order valence-electron chi connectivity index (χ1n) is 12.3. The van der Waals surface area contributed by atoms with Gasteiger partial charge >= 0.3 is 0 Å². The number of hydrogen-bond donors (Lipinski definition) is 1. The number of ether oxygens (including phenoxy) is 1. The molecule has 37 heavy (non-hydrogen) atoms. The third-order valence-corrected chi connectivity index (χ3v) is 9.74. The van der Waals surface area contributed by atoms with Gasteiger partial charge in [-0.05, 0) is 67.6 Å². The van der Waals surface area contributed by atoms with Gasteiger partial charge in [-0.15, -0.1) is 0 Å². The normalized spacial score (nSPS) is 20.8.